The number of nitro groups is 1. The third-order valence-corrected chi connectivity index (χ3v) is 1.47. The van der Waals surface area contributed by atoms with Crippen LogP contribution in [0.15, 0.2) is 11.6 Å². The van der Waals surface area contributed by atoms with Gasteiger partial charge in [-0.05, 0) is 5.41 Å². The minimum Gasteiger partial charge on any atom is -0.234 e. The van der Waals surface area contributed by atoms with Gasteiger partial charge in [0.05, 0.1) is 6.20 Å². The van der Waals surface area contributed by atoms with Crippen LogP contribution < -0.4 is 0 Å². The molecule has 1 heterocycles. The van der Waals surface area contributed by atoms with Crippen molar-refractivity contribution in [2.75, 3.05) is 5.88 Å². The minimum atomic E-state index is -0.434. The maximum absolute atomic E-state index is 9.87. The van der Waals surface area contributed by atoms with Crippen LogP contribution in [0.2, 0.25) is 0 Å². The largest absolute Gasteiger partial charge is 0.234 e. The lowest BCUT2D eigenvalue weighted by atomic mass is 11.0. The van der Waals surface area contributed by atoms with E-state index in [4.69, 9.17) is 0 Å². The number of rotatable bonds is 1. The molecular formula is C3H4N2O2S. The van der Waals surface area contributed by atoms with Crippen LogP contribution in [0, 0.1) is 10.1 Å². The van der Waals surface area contributed by atoms with Crippen LogP contribution in [0.1, 0.15) is 0 Å². The first-order chi connectivity index (χ1) is 3.80. The van der Waals surface area contributed by atoms with Gasteiger partial charge in [-0.1, -0.05) is 5.01 Å². The second kappa shape index (κ2) is 2.04. The minimum absolute atomic E-state index is 0.434. The third kappa shape index (κ3) is 0.919. The average Bonchev–Trinajstić information content (AvgIpc) is 2.12. The molecule has 0 radical (unpaired) electrons. The van der Waals surface area contributed by atoms with Crippen molar-refractivity contribution >= 4 is 11.8 Å². The fourth-order valence-corrected chi connectivity index (χ4v) is 1.02. The number of hydrogen-bond acceptors (Lipinski definition) is 3. The lowest BCUT2D eigenvalue weighted by molar-refractivity contribution is -0.634. The van der Waals surface area contributed by atoms with Crippen molar-refractivity contribution in [3.8, 4) is 0 Å². The van der Waals surface area contributed by atoms with Crippen LogP contribution in [0.4, 0.5) is 0 Å². The highest BCUT2D eigenvalue weighted by Crippen LogP contribution is 2.13. The van der Waals surface area contributed by atoms with Gasteiger partial charge in [0, 0.05) is 0 Å². The Morgan fingerprint density at radius 1 is 1.88 bits per heavy atom. The van der Waals surface area contributed by atoms with Gasteiger partial charge in [-0.15, -0.1) is 11.8 Å². The fourth-order valence-electron chi connectivity index (χ4n) is 0.377. The Hall–Kier alpha value is -0.710. The monoisotopic (exact) mass is 132 g/mol. The van der Waals surface area contributed by atoms with Gasteiger partial charge < -0.3 is 0 Å². The van der Waals surface area contributed by atoms with Crippen LogP contribution in [-0.4, -0.2) is 15.9 Å². The average molecular weight is 132 g/mol. The zero-order chi connectivity index (χ0) is 5.98. The zero-order valence-corrected chi connectivity index (χ0v) is 4.80. The number of nitrogens with zero attached hydrogens (tertiary/aromatic N) is 2. The van der Waals surface area contributed by atoms with Crippen molar-refractivity contribution < 1.29 is 5.03 Å². The molecular weight excluding hydrogens is 128 g/mol. The normalized spacial score (nSPS) is 17.2. The SMILES string of the molecule is O=[N+]([O-])N1C=CSC1. The third-order valence-electron chi connectivity index (χ3n) is 0.746. The van der Waals surface area contributed by atoms with Gasteiger partial charge in [0.25, 0.3) is 0 Å². The summed E-state index contributed by atoms with van der Waals surface area (Å²) in [5.74, 6) is 0.438. The smallest absolute Gasteiger partial charge is 0.165 e. The molecule has 4 nitrogen and oxygen atoms in total. The van der Waals surface area contributed by atoms with Crippen molar-refractivity contribution in [1.29, 1.82) is 0 Å². The molecule has 0 saturated carbocycles. The summed E-state index contributed by atoms with van der Waals surface area (Å²) >= 11 is 1.41. The summed E-state index contributed by atoms with van der Waals surface area (Å²) in [6.07, 6.45) is 1.45. The van der Waals surface area contributed by atoms with Crippen molar-refractivity contribution in [3.63, 3.8) is 0 Å². The Labute approximate surface area is 50.3 Å². The molecule has 0 spiro atoms. The van der Waals surface area contributed by atoms with E-state index in [-0.39, 0.29) is 0 Å². The molecule has 0 bridgehead atoms. The molecule has 1 aliphatic rings. The molecule has 44 valence electrons. The predicted octanol–water partition coefficient (Wildman–Crippen LogP) is 0.656. The van der Waals surface area contributed by atoms with Gasteiger partial charge in [0.2, 0.25) is 0 Å². The van der Waals surface area contributed by atoms with Gasteiger partial charge in [-0.3, -0.25) is 0 Å². The first-order valence-corrected chi connectivity index (χ1v) is 3.05. The van der Waals surface area contributed by atoms with E-state index in [9.17, 15) is 10.1 Å². The number of thioether (sulfide) groups is 1. The molecule has 8 heavy (non-hydrogen) atoms. The summed E-state index contributed by atoms with van der Waals surface area (Å²) in [7, 11) is 0. The molecule has 0 amide bonds. The van der Waals surface area contributed by atoms with Crippen LogP contribution in [0.3, 0.4) is 0 Å². The summed E-state index contributed by atoms with van der Waals surface area (Å²) in [5.41, 5.74) is 0. The van der Waals surface area contributed by atoms with Crippen molar-refractivity contribution in [2.24, 2.45) is 0 Å². The molecule has 0 unspecified atom stereocenters. The summed E-state index contributed by atoms with van der Waals surface area (Å²) < 4.78 is 0. The molecule has 0 N–H and O–H groups in total. The highest BCUT2D eigenvalue weighted by atomic mass is 32.2. The number of hydrogen-bond donors (Lipinski definition) is 0. The molecule has 1 aliphatic heterocycles. The maximum atomic E-state index is 9.87. The van der Waals surface area contributed by atoms with E-state index in [0.29, 0.717) is 5.88 Å². The summed E-state index contributed by atoms with van der Waals surface area (Å²) in [5, 5.41) is 12.2. The van der Waals surface area contributed by atoms with Crippen LogP contribution in [0.25, 0.3) is 0 Å². The molecule has 1 rings (SSSR count). The highest BCUT2D eigenvalue weighted by molar-refractivity contribution is 8.02. The van der Waals surface area contributed by atoms with E-state index in [1.807, 2.05) is 0 Å². The van der Waals surface area contributed by atoms with Gasteiger partial charge in [0.15, 0.2) is 5.03 Å². The second-order valence-corrected chi connectivity index (χ2v) is 2.12. The summed E-state index contributed by atoms with van der Waals surface area (Å²) in [6.45, 7) is 0. The summed E-state index contributed by atoms with van der Waals surface area (Å²) in [4.78, 5) is 9.87. The van der Waals surface area contributed by atoms with E-state index in [1.165, 1.54) is 18.0 Å². The standard InChI is InChI=1S/C3H4N2O2S/c6-5(7)4-1-2-8-3-4/h1-2H,3H2. The van der Waals surface area contributed by atoms with Crippen LogP contribution in [-0.2, 0) is 0 Å². The van der Waals surface area contributed by atoms with Crippen molar-refractivity contribution in [1.82, 2.24) is 5.01 Å². The Morgan fingerprint density at radius 2 is 2.62 bits per heavy atom. The Kier molecular flexibility index (Phi) is 1.38. The summed E-state index contributed by atoms with van der Waals surface area (Å²) in [6, 6.07) is 0. The molecule has 0 fully saturated rings. The van der Waals surface area contributed by atoms with Gasteiger partial charge in [0.1, 0.15) is 5.88 Å². The topological polar surface area (TPSA) is 46.4 Å². The molecule has 0 aromatic rings. The first kappa shape index (κ1) is 5.43. The Morgan fingerprint density at radius 3 is 2.88 bits per heavy atom. The first-order valence-electron chi connectivity index (χ1n) is 2.00. The zero-order valence-electron chi connectivity index (χ0n) is 3.98. The van der Waals surface area contributed by atoms with Crippen LogP contribution in [0.5, 0.6) is 0 Å². The lowest BCUT2D eigenvalue weighted by Gasteiger charge is -1.98. The lowest BCUT2D eigenvalue weighted by Crippen LogP contribution is -2.20. The van der Waals surface area contributed by atoms with Gasteiger partial charge in [-0.2, -0.15) is 0 Å². The van der Waals surface area contributed by atoms with E-state index in [2.05, 4.69) is 0 Å². The molecule has 0 aromatic heterocycles. The van der Waals surface area contributed by atoms with E-state index < -0.39 is 5.03 Å². The molecule has 0 saturated heterocycles. The molecule has 0 aliphatic carbocycles. The maximum Gasteiger partial charge on any atom is 0.165 e. The highest BCUT2D eigenvalue weighted by Gasteiger charge is 2.12. The Balaban J connectivity index is 2.48. The molecule has 5 heteroatoms. The van der Waals surface area contributed by atoms with Crippen molar-refractivity contribution in [2.45, 2.75) is 0 Å². The molecule has 0 aromatic carbocycles. The van der Waals surface area contributed by atoms with Gasteiger partial charge in [-0.25, -0.2) is 10.1 Å². The Bertz CT molecular complexity index is 135. The van der Waals surface area contributed by atoms with E-state index in [1.54, 1.807) is 5.41 Å². The van der Waals surface area contributed by atoms with Gasteiger partial charge >= 0.3 is 0 Å². The van der Waals surface area contributed by atoms with Crippen LogP contribution >= 0.6 is 11.8 Å². The van der Waals surface area contributed by atoms with E-state index in [0.717, 1.165) is 5.01 Å². The predicted molar refractivity (Wildman–Crippen MR) is 30.4 cm³/mol. The van der Waals surface area contributed by atoms with E-state index >= 15 is 0 Å². The quantitative estimate of drug-likeness (QED) is 0.388. The number of hydrazine groups is 1. The van der Waals surface area contributed by atoms with Crippen molar-refractivity contribution in [3.05, 3.63) is 21.7 Å². The second-order valence-electron chi connectivity index (χ2n) is 1.26. The fraction of sp³-hybridized carbons (Fsp3) is 0.333. The molecule has 0 atom stereocenters.